The fourth-order valence-electron chi connectivity index (χ4n) is 1.55. The maximum absolute atomic E-state index is 11.6. The zero-order valence-corrected chi connectivity index (χ0v) is 11.3. The van der Waals surface area contributed by atoms with E-state index in [1.165, 1.54) is 0 Å². The van der Waals surface area contributed by atoms with Crippen molar-refractivity contribution >= 4 is 11.6 Å². The predicted molar refractivity (Wildman–Crippen MR) is 71.5 cm³/mol. The molecule has 0 radical (unpaired) electrons. The average molecular weight is 252 g/mol. The van der Waals surface area contributed by atoms with Crippen LogP contribution in [0, 0.1) is 6.92 Å². The summed E-state index contributed by atoms with van der Waals surface area (Å²) in [5, 5.41) is 5.80. The van der Waals surface area contributed by atoms with Gasteiger partial charge in [0.15, 0.2) is 11.5 Å². The molecule has 5 nitrogen and oxygen atoms in total. The van der Waals surface area contributed by atoms with Gasteiger partial charge in [-0.05, 0) is 25.1 Å². The minimum atomic E-state index is -0.0767. The van der Waals surface area contributed by atoms with Gasteiger partial charge in [-0.3, -0.25) is 4.79 Å². The molecule has 0 spiro atoms. The van der Waals surface area contributed by atoms with Crippen molar-refractivity contribution in [2.24, 2.45) is 0 Å². The maximum atomic E-state index is 11.6. The second kappa shape index (κ2) is 6.86. The third-order valence-corrected chi connectivity index (χ3v) is 2.54. The zero-order valence-electron chi connectivity index (χ0n) is 11.3. The predicted octanol–water partition coefficient (Wildman–Crippen LogP) is 1.56. The second-order valence-corrected chi connectivity index (χ2v) is 3.85. The van der Waals surface area contributed by atoms with Crippen molar-refractivity contribution in [3.63, 3.8) is 0 Å². The molecular weight excluding hydrogens is 232 g/mol. The molecule has 1 amide bonds. The molecule has 0 bridgehead atoms. The Morgan fingerprint density at radius 1 is 1.22 bits per heavy atom. The first kappa shape index (κ1) is 14.3. The summed E-state index contributed by atoms with van der Waals surface area (Å²) in [5.41, 5.74) is 1.66. The first-order valence-electron chi connectivity index (χ1n) is 5.85. The number of carbonyl (C=O) groups excluding carboxylic acids is 1. The summed E-state index contributed by atoms with van der Waals surface area (Å²) >= 11 is 0. The van der Waals surface area contributed by atoms with E-state index >= 15 is 0 Å². The van der Waals surface area contributed by atoms with Gasteiger partial charge in [0.25, 0.3) is 0 Å². The van der Waals surface area contributed by atoms with Gasteiger partial charge in [0, 0.05) is 11.8 Å². The Bertz CT molecular complexity index is 419. The van der Waals surface area contributed by atoms with Crippen LogP contribution in [-0.4, -0.2) is 33.2 Å². The number of likely N-dealkylation sites (N-methyl/N-ethyl adjacent to an activating group) is 1. The first-order valence-corrected chi connectivity index (χ1v) is 5.85. The van der Waals surface area contributed by atoms with E-state index in [9.17, 15) is 4.79 Å². The molecule has 18 heavy (non-hydrogen) atoms. The number of carbonyl (C=O) groups is 1. The van der Waals surface area contributed by atoms with Crippen LogP contribution < -0.4 is 20.1 Å². The van der Waals surface area contributed by atoms with Crippen molar-refractivity contribution in [3.05, 3.63) is 17.7 Å². The van der Waals surface area contributed by atoms with Gasteiger partial charge in [0.2, 0.25) is 5.91 Å². The van der Waals surface area contributed by atoms with E-state index < -0.39 is 0 Å². The van der Waals surface area contributed by atoms with Gasteiger partial charge in [-0.2, -0.15) is 0 Å². The Labute approximate surface area is 107 Å². The van der Waals surface area contributed by atoms with Gasteiger partial charge in [0.05, 0.1) is 20.8 Å². The summed E-state index contributed by atoms with van der Waals surface area (Å²) in [7, 11) is 3.15. The highest BCUT2D eigenvalue weighted by molar-refractivity contribution is 5.93. The first-order chi connectivity index (χ1) is 8.62. The number of nitrogens with one attached hydrogen (secondary N) is 2. The topological polar surface area (TPSA) is 59.6 Å². The Balaban J connectivity index is 2.85. The molecule has 1 aromatic rings. The van der Waals surface area contributed by atoms with E-state index in [0.29, 0.717) is 18.0 Å². The van der Waals surface area contributed by atoms with E-state index in [2.05, 4.69) is 10.6 Å². The van der Waals surface area contributed by atoms with Crippen molar-refractivity contribution in [3.8, 4) is 11.5 Å². The van der Waals surface area contributed by atoms with Crippen molar-refractivity contribution in [2.45, 2.75) is 13.8 Å². The highest BCUT2D eigenvalue weighted by Crippen LogP contribution is 2.32. The lowest BCUT2D eigenvalue weighted by atomic mass is 10.1. The summed E-state index contributed by atoms with van der Waals surface area (Å²) in [4.78, 5) is 11.6. The van der Waals surface area contributed by atoms with Crippen LogP contribution in [0.1, 0.15) is 12.5 Å². The molecular formula is C13H20N2O3. The number of hydrogen-bond donors (Lipinski definition) is 2. The van der Waals surface area contributed by atoms with Crippen LogP contribution in [0.5, 0.6) is 11.5 Å². The summed E-state index contributed by atoms with van der Waals surface area (Å²) in [6.45, 7) is 4.92. The van der Waals surface area contributed by atoms with Crippen LogP contribution in [0.3, 0.4) is 0 Å². The minimum Gasteiger partial charge on any atom is -0.493 e. The number of methoxy groups -OCH3 is 2. The van der Waals surface area contributed by atoms with E-state index in [0.717, 1.165) is 17.8 Å². The minimum absolute atomic E-state index is 0.0767. The van der Waals surface area contributed by atoms with Crippen LogP contribution in [0.25, 0.3) is 0 Å². The number of amides is 1. The molecule has 1 aromatic carbocycles. The number of ether oxygens (including phenoxy) is 2. The molecule has 0 saturated carbocycles. The Kier molecular flexibility index (Phi) is 5.45. The third-order valence-electron chi connectivity index (χ3n) is 2.54. The van der Waals surface area contributed by atoms with Gasteiger partial charge >= 0.3 is 0 Å². The molecule has 5 heteroatoms. The second-order valence-electron chi connectivity index (χ2n) is 3.85. The smallest absolute Gasteiger partial charge is 0.238 e. The van der Waals surface area contributed by atoms with Crippen LogP contribution >= 0.6 is 0 Å². The van der Waals surface area contributed by atoms with Crippen molar-refractivity contribution in [1.82, 2.24) is 5.32 Å². The lowest BCUT2D eigenvalue weighted by Crippen LogP contribution is -2.28. The molecule has 0 atom stereocenters. The van der Waals surface area contributed by atoms with Crippen LogP contribution in [0.4, 0.5) is 5.69 Å². The van der Waals surface area contributed by atoms with Gasteiger partial charge in [-0.25, -0.2) is 0 Å². The Morgan fingerprint density at radius 3 is 2.39 bits per heavy atom. The number of aryl methyl sites for hydroxylation is 1. The third kappa shape index (κ3) is 3.63. The highest BCUT2D eigenvalue weighted by Gasteiger charge is 2.10. The van der Waals surface area contributed by atoms with Gasteiger partial charge in [0.1, 0.15) is 0 Å². The van der Waals surface area contributed by atoms with Crippen LogP contribution in [0.2, 0.25) is 0 Å². The maximum Gasteiger partial charge on any atom is 0.238 e. The molecule has 0 aliphatic heterocycles. The molecule has 0 aliphatic carbocycles. The van der Waals surface area contributed by atoms with Gasteiger partial charge in [-0.1, -0.05) is 6.92 Å². The van der Waals surface area contributed by atoms with E-state index in [1.807, 2.05) is 19.9 Å². The largest absolute Gasteiger partial charge is 0.493 e. The Hall–Kier alpha value is -1.75. The van der Waals surface area contributed by atoms with E-state index in [1.54, 1.807) is 20.3 Å². The van der Waals surface area contributed by atoms with Crippen molar-refractivity contribution in [1.29, 1.82) is 0 Å². The van der Waals surface area contributed by atoms with Crippen molar-refractivity contribution < 1.29 is 14.3 Å². The van der Waals surface area contributed by atoms with Crippen molar-refractivity contribution in [2.75, 3.05) is 32.6 Å². The lowest BCUT2D eigenvalue weighted by Gasteiger charge is -2.13. The molecule has 0 saturated heterocycles. The molecule has 0 fully saturated rings. The van der Waals surface area contributed by atoms with E-state index in [4.69, 9.17) is 9.47 Å². The fourth-order valence-corrected chi connectivity index (χ4v) is 1.55. The monoisotopic (exact) mass is 252 g/mol. The number of anilines is 1. The summed E-state index contributed by atoms with van der Waals surface area (Å²) in [5.74, 6) is 1.17. The number of hydrogen-bond acceptors (Lipinski definition) is 4. The molecule has 0 aromatic heterocycles. The number of rotatable bonds is 6. The van der Waals surface area contributed by atoms with Gasteiger partial charge in [-0.15, -0.1) is 0 Å². The normalized spacial score (nSPS) is 10.0. The quantitative estimate of drug-likeness (QED) is 0.806. The number of benzene rings is 1. The Morgan fingerprint density at radius 2 is 1.83 bits per heavy atom. The molecule has 0 unspecified atom stereocenters. The average Bonchev–Trinajstić information content (AvgIpc) is 2.38. The summed E-state index contributed by atoms with van der Waals surface area (Å²) in [6, 6.07) is 3.60. The molecule has 1 rings (SSSR count). The standard InChI is InChI=1S/C13H20N2O3/c1-5-14-8-13(16)15-10-7-12(18-4)11(17-3)6-9(10)2/h6-7,14H,5,8H2,1-4H3,(H,15,16). The fraction of sp³-hybridized carbons (Fsp3) is 0.462. The molecule has 0 aliphatic rings. The highest BCUT2D eigenvalue weighted by atomic mass is 16.5. The molecule has 100 valence electrons. The molecule has 0 heterocycles. The molecule has 2 N–H and O–H groups in total. The lowest BCUT2D eigenvalue weighted by molar-refractivity contribution is -0.115. The zero-order chi connectivity index (χ0) is 13.5. The summed E-state index contributed by atoms with van der Waals surface area (Å²) < 4.78 is 10.4. The summed E-state index contributed by atoms with van der Waals surface area (Å²) in [6.07, 6.45) is 0. The van der Waals surface area contributed by atoms with Crippen LogP contribution in [-0.2, 0) is 4.79 Å². The SMILES string of the molecule is CCNCC(=O)Nc1cc(OC)c(OC)cc1C. The van der Waals surface area contributed by atoms with Gasteiger partial charge < -0.3 is 20.1 Å². The van der Waals surface area contributed by atoms with E-state index in [-0.39, 0.29) is 5.91 Å². The van der Waals surface area contributed by atoms with Crippen LogP contribution in [0.15, 0.2) is 12.1 Å².